The Kier molecular flexibility index (Phi) is 6.87. The maximum Gasteiger partial charge on any atom is 0.339 e. The predicted octanol–water partition coefficient (Wildman–Crippen LogP) is 6.98. The van der Waals surface area contributed by atoms with Crippen LogP contribution < -0.4 is 0 Å². The number of aryl methyl sites for hydroxylation is 2. The number of nitriles is 1. The van der Waals surface area contributed by atoms with Crippen LogP contribution in [0.25, 0.3) is 0 Å². The molecule has 158 valence electrons. The summed E-state index contributed by atoms with van der Waals surface area (Å²) in [6.45, 7) is 10.9. The Bertz CT molecular complexity index is 1130. The molecule has 0 atom stereocenters. The number of ether oxygens (including phenoxy) is 1. The van der Waals surface area contributed by atoms with Crippen molar-refractivity contribution in [3.8, 4) is 6.07 Å². The third-order valence-electron chi connectivity index (χ3n) is 5.24. The lowest BCUT2D eigenvalue weighted by Gasteiger charge is -2.22. The fraction of sp³-hybridized carbons (Fsp3) is 0.259. The van der Waals surface area contributed by atoms with Crippen molar-refractivity contribution < 1.29 is 9.53 Å². The van der Waals surface area contributed by atoms with Gasteiger partial charge in [0.15, 0.2) is 0 Å². The molecule has 0 aliphatic heterocycles. The van der Waals surface area contributed by atoms with Gasteiger partial charge in [0.2, 0.25) is 0 Å². The van der Waals surface area contributed by atoms with Crippen LogP contribution in [0, 0.1) is 25.2 Å². The number of hydrogen-bond acceptors (Lipinski definition) is 4. The second-order valence-corrected chi connectivity index (χ2v) is 9.70. The minimum absolute atomic E-state index is 0.0700. The average molecular weight is 430 g/mol. The van der Waals surface area contributed by atoms with E-state index in [2.05, 4.69) is 52.8 Å². The van der Waals surface area contributed by atoms with Crippen molar-refractivity contribution in [1.82, 2.24) is 0 Å². The molecule has 3 aromatic carbocycles. The molecule has 0 saturated carbocycles. The highest BCUT2D eigenvalue weighted by atomic mass is 32.2. The van der Waals surface area contributed by atoms with Crippen molar-refractivity contribution in [2.75, 3.05) is 0 Å². The highest BCUT2D eigenvalue weighted by Crippen LogP contribution is 2.33. The first-order valence-corrected chi connectivity index (χ1v) is 11.1. The smallest absolute Gasteiger partial charge is 0.339 e. The number of rotatable bonds is 5. The lowest BCUT2D eigenvalue weighted by atomic mass is 9.84. The molecular weight excluding hydrogens is 402 g/mol. The van der Waals surface area contributed by atoms with E-state index >= 15 is 0 Å². The first-order valence-electron chi connectivity index (χ1n) is 10.2. The van der Waals surface area contributed by atoms with E-state index in [0.717, 1.165) is 26.5 Å². The van der Waals surface area contributed by atoms with E-state index in [9.17, 15) is 10.1 Å². The zero-order valence-corrected chi connectivity index (χ0v) is 19.5. The Labute approximate surface area is 189 Å². The summed E-state index contributed by atoms with van der Waals surface area (Å²) < 4.78 is 5.72. The molecule has 3 nitrogen and oxygen atoms in total. The normalized spacial score (nSPS) is 11.1. The topological polar surface area (TPSA) is 50.1 Å². The maximum atomic E-state index is 12.9. The molecule has 0 fully saturated rings. The molecule has 3 aromatic rings. The third-order valence-corrected chi connectivity index (χ3v) is 6.40. The standard InChI is InChI=1S/C27H27NO2S/c1-18-14-21(27(3,4)5)15-19(2)23(18)17-30-26(29)22-11-7-9-13-25(22)31-24-12-8-6-10-20(24)16-28/h6-15H,17H2,1-5H3. The van der Waals surface area contributed by atoms with Crippen molar-refractivity contribution in [3.05, 3.63) is 94.0 Å². The summed E-state index contributed by atoms with van der Waals surface area (Å²) in [6.07, 6.45) is 0. The quantitative estimate of drug-likeness (QED) is 0.411. The van der Waals surface area contributed by atoms with Crippen molar-refractivity contribution in [2.45, 2.75) is 56.4 Å². The van der Waals surface area contributed by atoms with Crippen LogP contribution in [0.3, 0.4) is 0 Å². The van der Waals surface area contributed by atoms with Crippen molar-refractivity contribution in [1.29, 1.82) is 5.26 Å². The number of esters is 1. The Morgan fingerprint density at radius 2 is 1.55 bits per heavy atom. The van der Waals surface area contributed by atoms with E-state index in [4.69, 9.17) is 4.74 Å². The lowest BCUT2D eigenvalue weighted by Crippen LogP contribution is -2.13. The van der Waals surface area contributed by atoms with E-state index < -0.39 is 0 Å². The monoisotopic (exact) mass is 429 g/mol. The van der Waals surface area contributed by atoms with Crippen LogP contribution in [-0.4, -0.2) is 5.97 Å². The molecule has 0 heterocycles. The van der Waals surface area contributed by atoms with Gasteiger partial charge in [-0.2, -0.15) is 5.26 Å². The molecule has 4 heteroatoms. The minimum atomic E-state index is -0.365. The first kappa shape index (κ1) is 22.7. The van der Waals surface area contributed by atoms with E-state index in [1.165, 1.54) is 17.3 Å². The molecule has 0 saturated heterocycles. The van der Waals surface area contributed by atoms with Gasteiger partial charge in [0.25, 0.3) is 0 Å². The van der Waals surface area contributed by atoms with Gasteiger partial charge in [-0.15, -0.1) is 0 Å². The van der Waals surface area contributed by atoms with Crippen LogP contribution in [0.4, 0.5) is 0 Å². The van der Waals surface area contributed by atoms with Gasteiger partial charge in [0.1, 0.15) is 12.7 Å². The van der Waals surface area contributed by atoms with Gasteiger partial charge in [0.05, 0.1) is 11.1 Å². The van der Waals surface area contributed by atoms with E-state index in [1.54, 1.807) is 12.1 Å². The lowest BCUT2D eigenvalue weighted by molar-refractivity contribution is 0.0467. The Morgan fingerprint density at radius 3 is 2.16 bits per heavy atom. The summed E-state index contributed by atoms with van der Waals surface area (Å²) in [6, 6.07) is 21.3. The van der Waals surface area contributed by atoms with Crippen molar-refractivity contribution in [2.24, 2.45) is 0 Å². The molecule has 0 amide bonds. The predicted molar refractivity (Wildman–Crippen MR) is 125 cm³/mol. The van der Waals surface area contributed by atoms with Gasteiger partial charge in [-0.25, -0.2) is 4.79 Å². The van der Waals surface area contributed by atoms with Crippen molar-refractivity contribution >= 4 is 17.7 Å². The first-order chi connectivity index (χ1) is 14.7. The average Bonchev–Trinajstić information content (AvgIpc) is 2.73. The van der Waals surface area contributed by atoms with Crippen LogP contribution in [-0.2, 0) is 16.8 Å². The number of carbonyl (C=O) groups is 1. The molecule has 3 rings (SSSR count). The maximum absolute atomic E-state index is 12.9. The highest BCUT2D eigenvalue weighted by molar-refractivity contribution is 7.99. The van der Waals surface area contributed by atoms with E-state index in [1.807, 2.05) is 36.4 Å². The van der Waals surface area contributed by atoms with E-state index in [0.29, 0.717) is 11.1 Å². The number of carbonyl (C=O) groups excluding carboxylic acids is 1. The van der Waals surface area contributed by atoms with Gasteiger partial charge >= 0.3 is 5.97 Å². The van der Waals surface area contributed by atoms with Gasteiger partial charge in [-0.05, 0) is 65.8 Å². The minimum Gasteiger partial charge on any atom is -0.457 e. The zero-order chi connectivity index (χ0) is 22.6. The summed E-state index contributed by atoms with van der Waals surface area (Å²) in [5, 5.41) is 9.35. The Balaban J connectivity index is 1.81. The summed E-state index contributed by atoms with van der Waals surface area (Å²) in [5.41, 5.74) is 5.73. The molecule has 0 aliphatic carbocycles. The number of nitrogens with zero attached hydrogens (tertiary/aromatic N) is 1. The van der Waals surface area contributed by atoms with Crippen LogP contribution in [0.2, 0.25) is 0 Å². The Hall–Kier alpha value is -3.03. The molecule has 0 aliphatic rings. The van der Waals surface area contributed by atoms with Gasteiger partial charge < -0.3 is 4.74 Å². The molecule has 0 radical (unpaired) electrons. The van der Waals surface area contributed by atoms with Gasteiger partial charge in [0, 0.05) is 9.79 Å². The summed E-state index contributed by atoms with van der Waals surface area (Å²) in [4.78, 5) is 14.5. The summed E-state index contributed by atoms with van der Waals surface area (Å²) in [5.74, 6) is -0.365. The third kappa shape index (κ3) is 5.37. The second kappa shape index (κ2) is 9.41. The van der Waals surface area contributed by atoms with E-state index in [-0.39, 0.29) is 18.0 Å². The fourth-order valence-corrected chi connectivity index (χ4v) is 4.38. The number of benzene rings is 3. The molecule has 0 bridgehead atoms. The second-order valence-electron chi connectivity index (χ2n) is 8.62. The summed E-state index contributed by atoms with van der Waals surface area (Å²) in [7, 11) is 0. The van der Waals surface area contributed by atoms with Gasteiger partial charge in [-0.3, -0.25) is 0 Å². The largest absolute Gasteiger partial charge is 0.457 e. The molecule has 0 spiro atoms. The fourth-order valence-electron chi connectivity index (χ4n) is 3.36. The molecular formula is C27H27NO2S. The Morgan fingerprint density at radius 1 is 0.968 bits per heavy atom. The van der Waals surface area contributed by atoms with Crippen LogP contribution in [0.15, 0.2) is 70.5 Å². The van der Waals surface area contributed by atoms with Crippen LogP contribution >= 0.6 is 11.8 Å². The molecule has 31 heavy (non-hydrogen) atoms. The highest BCUT2D eigenvalue weighted by Gasteiger charge is 2.18. The SMILES string of the molecule is Cc1cc(C(C)(C)C)cc(C)c1COC(=O)c1ccccc1Sc1ccccc1C#N. The van der Waals surface area contributed by atoms with Gasteiger partial charge in [-0.1, -0.05) is 68.9 Å². The molecule has 0 N–H and O–H groups in total. The van der Waals surface area contributed by atoms with Crippen LogP contribution in [0.5, 0.6) is 0 Å². The van der Waals surface area contributed by atoms with Crippen molar-refractivity contribution in [3.63, 3.8) is 0 Å². The number of hydrogen-bond donors (Lipinski definition) is 0. The summed E-state index contributed by atoms with van der Waals surface area (Å²) >= 11 is 1.40. The zero-order valence-electron chi connectivity index (χ0n) is 18.7. The van der Waals surface area contributed by atoms with Crippen LogP contribution in [0.1, 0.15) is 58.9 Å². The molecule has 0 unspecified atom stereocenters. The molecule has 0 aromatic heterocycles.